The van der Waals surface area contributed by atoms with Crippen molar-refractivity contribution in [1.82, 2.24) is 0 Å². The Hall–Kier alpha value is -1.50. The number of aliphatic hydroxyl groups excluding tert-OH is 1. The van der Waals surface area contributed by atoms with Crippen molar-refractivity contribution in [3.8, 4) is 18.1 Å². The van der Waals surface area contributed by atoms with Crippen LogP contribution in [0.3, 0.4) is 0 Å². The number of methoxy groups -OCH3 is 1. The van der Waals surface area contributed by atoms with Crippen LogP contribution in [-0.2, 0) is 11.3 Å². The fourth-order valence-corrected chi connectivity index (χ4v) is 1.73. The summed E-state index contributed by atoms with van der Waals surface area (Å²) in [5, 5.41) is 9.44. The molecule has 1 atom stereocenters. The van der Waals surface area contributed by atoms with Crippen molar-refractivity contribution < 1.29 is 14.6 Å². The van der Waals surface area contributed by atoms with Gasteiger partial charge in [0, 0.05) is 13.0 Å². The van der Waals surface area contributed by atoms with Gasteiger partial charge < -0.3 is 14.6 Å². The van der Waals surface area contributed by atoms with Gasteiger partial charge in [-0.3, -0.25) is 0 Å². The average molecular weight is 262 g/mol. The van der Waals surface area contributed by atoms with Crippen molar-refractivity contribution in [1.29, 1.82) is 0 Å². The maximum atomic E-state index is 9.44. The highest BCUT2D eigenvalue weighted by Gasteiger charge is 2.01. The van der Waals surface area contributed by atoms with Gasteiger partial charge in [0.05, 0.1) is 19.8 Å². The van der Waals surface area contributed by atoms with Gasteiger partial charge in [0.25, 0.3) is 0 Å². The van der Waals surface area contributed by atoms with Gasteiger partial charge >= 0.3 is 0 Å². The largest absolute Gasteiger partial charge is 0.497 e. The van der Waals surface area contributed by atoms with Gasteiger partial charge in [-0.05, 0) is 37.0 Å². The van der Waals surface area contributed by atoms with Crippen LogP contribution in [0.5, 0.6) is 5.75 Å². The van der Waals surface area contributed by atoms with Crippen LogP contribution in [0.15, 0.2) is 24.3 Å². The number of aliphatic hydroxyl groups is 1. The molecule has 0 unspecified atom stereocenters. The zero-order chi connectivity index (χ0) is 13.9. The Bertz CT molecular complexity index is 378. The molecule has 0 spiro atoms. The number of rotatable bonds is 9. The van der Waals surface area contributed by atoms with E-state index in [4.69, 9.17) is 15.9 Å². The summed E-state index contributed by atoms with van der Waals surface area (Å²) < 4.78 is 10.7. The van der Waals surface area contributed by atoms with Gasteiger partial charge in [0.2, 0.25) is 0 Å². The van der Waals surface area contributed by atoms with Crippen molar-refractivity contribution in [2.45, 2.75) is 38.4 Å². The minimum absolute atomic E-state index is 0.369. The fourth-order valence-electron chi connectivity index (χ4n) is 1.73. The third kappa shape index (κ3) is 6.85. The van der Waals surface area contributed by atoms with Crippen LogP contribution in [0.1, 0.15) is 31.2 Å². The van der Waals surface area contributed by atoms with E-state index in [1.54, 1.807) is 7.11 Å². The van der Waals surface area contributed by atoms with E-state index < -0.39 is 0 Å². The molecule has 0 saturated carbocycles. The van der Waals surface area contributed by atoms with E-state index in [1.165, 1.54) is 0 Å². The highest BCUT2D eigenvalue weighted by atomic mass is 16.5. The molecule has 3 nitrogen and oxygen atoms in total. The maximum Gasteiger partial charge on any atom is 0.118 e. The Morgan fingerprint density at radius 3 is 2.63 bits per heavy atom. The smallest absolute Gasteiger partial charge is 0.118 e. The second-order valence-corrected chi connectivity index (χ2v) is 4.46. The van der Waals surface area contributed by atoms with E-state index >= 15 is 0 Å². The van der Waals surface area contributed by atoms with Crippen LogP contribution in [0, 0.1) is 12.3 Å². The molecule has 0 fully saturated rings. The number of terminal acetylenes is 1. The number of hydrogen-bond donors (Lipinski definition) is 1. The molecule has 3 heteroatoms. The van der Waals surface area contributed by atoms with E-state index in [1.807, 2.05) is 24.3 Å². The highest BCUT2D eigenvalue weighted by molar-refractivity contribution is 5.26. The Balaban J connectivity index is 2.06. The third-order valence-corrected chi connectivity index (χ3v) is 2.86. The van der Waals surface area contributed by atoms with Crippen LogP contribution in [0.2, 0.25) is 0 Å². The van der Waals surface area contributed by atoms with Crippen LogP contribution in [0.25, 0.3) is 0 Å². The zero-order valence-corrected chi connectivity index (χ0v) is 11.5. The van der Waals surface area contributed by atoms with E-state index in [2.05, 4.69) is 5.92 Å². The Labute approximate surface area is 115 Å². The Morgan fingerprint density at radius 2 is 2.00 bits per heavy atom. The Kier molecular flexibility index (Phi) is 7.72. The molecule has 0 heterocycles. The van der Waals surface area contributed by atoms with Crippen molar-refractivity contribution >= 4 is 0 Å². The Morgan fingerprint density at radius 1 is 1.26 bits per heavy atom. The fraction of sp³-hybridized carbons (Fsp3) is 0.500. The number of hydrogen-bond acceptors (Lipinski definition) is 3. The second kappa shape index (κ2) is 9.43. The maximum absolute atomic E-state index is 9.44. The molecule has 0 amide bonds. The quantitative estimate of drug-likeness (QED) is 0.549. The summed E-state index contributed by atoms with van der Waals surface area (Å²) >= 11 is 0. The van der Waals surface area contributed by atoms with Gasteiger partial charge in [-0.15, -0.1) is 12.3 Å². The summed E-state index contributed by atoms with van der Waals surface area (Å²) in [6.45, 7) is 1.31. The summed E-state index contributed by atoms with van der Waals surface area (Å²) in [6.07, 6.45) is 7.82. The SMILES string of the molecule is C#CC[C@H](O)CCCCOCc1ccc(OC)cc1. The molecular weight excluding hydrogens is 240 g/mol. The summed E-state index contributed by atoms with van der Waals surface area (Å²) in [4.78, 5) is 0. The molecule has 0 aliphatic heterocycles. The molecule has 1 N–H and O–H groups in total. The van der Waals surface area contributed by atoms with Crippen LogP contribution in [0.4, 0.5) is 0 Å². The van der Waals surface area contributed by atoms with Gasteiger partial charge in [0.15, 0.2) is 0 Å². The predicted octanol–water partition coefficient (Wildman–Crippen LogP) is 2.77. The lowest BCUT2D eigenvalue weighted by Crippen LogP contribution is -2.05. The molecule has 0 aromatic heterocycles. The first kappa shape index (κ1) is 15.6. The first-order valence-corrected chi connectivity index (χ1v) is 6.58. The van der Waals surface area contributed by atoms with Gasteiger partial charge in [0.1, 0.15) is 5.75 Å². The lowest BCUT2D eigenvalue weighted by Gasteiger charge is -2.07. The standard InChI is InChI=1S/C16H22O3/c1-3-6-15(17)7-4-5-12-19-13-14-8-10-16(18-2)11-9-14/h1,8-11,15,17H,4-7,12-13H2,2H3/t15-/m0/s1. The lowest BCUT2D eigenvalue weighted by molar-refractivity contribution is 0.110. The molecule has 0 aliphatic carbocycles. The summed E-state index contributed by atoms with van der Waals surface area (Å²) in [5.74, 6) is 3.31. The van der Waals surface area contributed by atoms with Crippen molar-refractivity contribution in [3.63, 3.8) is 0 Å². The summed E-state index contributed by atoms with van der Waals surface area (Å²) in [6, 6.07) is 7.84. The molecule has 0 bridgehead atoms. The molecule has 1 rings (SSSR count). The molecule has 1 aromatic rings. The van der Waals surface area contributed by atoms with Gasteiger partial charge in [-0.1, -0.05) is 12.1 Å². The average Bonchev–Trinajstić information content (AvgIpc) is 2.43. The van der Waals surface area contributed by atoms with Crippen LogP contribution in [-0.4, -0.2) is 24.9 Å². The molecule has 104 valence electrons. The topological polar surface area (TPSA) is 38.7 Å². The highest BCUT2D eigenvalue weighted by Crippen LogP contribution is 2.12. The summed E-state index contributed by atoms with van der Waals surface area (Å²) in [5.41, 5.74) is 1.13. The normalized spacial score (nSPS) is 11.8. The number of unbranched alkanes of at least 4 members (excludes halogenated alkanes) is 1. The molecular formula is C16H22O3. The minimum atomic E-state index is -0.369. The second-order valence-electron chi connectivity index (χ2n) is 4.46. The molecule has 1 aromatic carbocycles. The molecule has 19 heavy (non-hydrogen) atoms. The number of benzene rings is 1. The van der Waals surface area contributed by atoms with E-state index in [0.29, 0.717) is 19.6 Å². The van der Waals surface area contributed by atoms with Crippen LogP contribution >= 0.6 is 0 Å². The van der Waals surface area contributed by atoms with E-state index in [0.717, 1.165) is 30.6 Å². The third-order valence-electron chi connectivity index (χ3n) is 2.86. The zero-order valence-electron chi connectivity index (χ0n) is 11.5. The molecule has 0 radical (unpaired) electrons. The van der Waals surface area contributed by atoms with E-state index in [9.17, 15) is 5.11 Å². The first-order chi connectivity index (χ1) is 9.26. The van der Waals surface area contributed by atoms with Crippen molar-refractivity contribution in [3.05, 3.63) is 29.8 Å². The van der Waals surface area contributed by atoms with E-state index in [-0.39, 0.29) is 6.10 Å². The van der Waals surface area contributed by atoms with Gasteiger partial charge in [-0.25, -0.2) is 0 Å². The molecule has 0 aliphatic rings. The molecule has 0 saturated heterocycles. The van der Waals surface area contributed by atoms with Gasteiger partial charge in [-0.2, -0.15) is 0 Å². The first-order valence-electron chi connectivity index (χ1n) is 6.58. The van der Waals surface area contributed by atoms with Crippen molar-refractivity contribution in [2.24, 2.45) is 0 Å². The van der Waals surface area contributed by atoms with Crippen LogP contribution < -0.4 is 4.74 Å². The predicted molar refractivity (Wildman–Crippen MR) is 76.0 cm³/mol. The minimum Gasteiger partial charge on any atom is -0.497 e. The monoisotopic (exact) mass is 262 g/mol. The summed E-state index contributed by atoms with van der Waals surface area (Å²) in [7, 11) is 1.65. The van der Waals surface area contributed by atoms with Crippen molar-refractivity contribution in [2.75, 3.05) is 13.7 Å². The number of ether oxygens (including phenoxy) is 2. The lowest BCUT2D eigenvalue weighted by atomic mass is 10.1.